The summed E-state index contributed by atoms with van der Waals surface area (Å²) in [6, 6.07) is 8.90. The molecule has 0 aliphatic rings. The highest BCUT2D eigenvalue weighted by Gasteiger charge is 2.36. The summed E-state index contributed by atoms with van der Waals surface area (Å²) < 4.78 is 42.1. The molecule has 0 N–H and O–H groups in total. The minimum Gasteiger partial charge on any atom is -0.459 e. The molecule has 0 bridgehead atoms. The van der Waals surface area contributed by atoms with Gasteiger partial charge < -0.3 is 9.64 Å². The van der Waals surface area contributed by atoms with Gasteiger partial charge in [-0.2, -0.15) is 13.2 Å². The van der Waals surface area contributed by atoms with E-state index in [9.17, 15) is 18.0 Å². The second kappa shape index (κ2) is 6.73. The number of halogens is 3. The number of amides is 1. The number of aromatic nitrogens is 2. The maximum atomic E-state index is 12.4. The molecule has 1 heterocycles. The van der Waals surface area contributed by atoms with Crippen molar-refractivity contribution < 1.29 is 22.7 Å². The van der Waals surface area contributed by atoms with Crippen LogP contribution in [0, 0.1) is 0 Å². The van der Waals surface area contributed by atoms with Crippen molar-refractivity contribution in [2.75, 3.05) is 18.1 Å². The van der Waals surface area contributed by atoms with Gasteiger partial charge in [0.05, 0.1) is 0 Å². The molecule has 2 aromatic rings. The lowest BCUT2D eigenvalue weighted by Gasteiger charge is -2.20. The van der Waals surface area contributed by atoms with E-state index < -0.39 is 17.8 Å². The number of nitrogens with zero attached hydrogens (tertiary/aromatic N) is 3. The van der Waals surface area contributed by atoms with Crippen molar-refractivity contribution in [2.24, 2.45) is 0 Å². The molecule has 118 valence electrons. The monoisotopic (exact) mass is 331 g/mol. The lowest BCUT2D eigenvalue weighted by molar-refractivity contribution is -0.138. The van der Waals surface area contributed by atoms with E-state index in [1.165, 1.54) is 4.90 Å². The molecular weight excluding hydrogens is 319 g/mol. The number of alkyl halides is 3. The van der Waals surface area contributed by atoms with Crippen LogP contribution in [0.25, 0.3) is 0 Å². The van der Waals surface area contributed by atoms with E-state index in [0.29, 0.717) is 12.2 Å². The molecule has 22 heavy (non-hydrogen) atoms. The predicted octanol–water partition coefficient (Wildman–Crippen LogP) is 2.99. The molecule has 0 saturated carbocycles. The quantitative estimate of drug-likeness (QED) is 0.845. The maximum absolute atomic E-state index is 12.4. The van der Waals surface area contributed by atoms with Gasteiger partial charge in [0.25, 0.3) is 11.1 Å². The molecule has 0 atom stereocenters. The average molecular weight is 331 g/mol. The van der Waals surface area contributed by atoms with Crippen molar-refractivity contribution in [2.45, 2.75) is 13.1 Å². The van der Waals surface area contributed by atoms with E-state index in [-0.39, 0.29) is 22.4 Å². The fraction of sp³-hybridized carbons (Fsp3) is 0.308. The van der Waals surface area contributed by atoms with Crippen LogP contribution in [0.3, 0.4) is 0 Å². The van der Waals surface area contributed by atoms with Gasteiger partial charge in [0.15, 0.2) is 6.61 Å². The molecule has 0 fully saturated rings. The number of benzene rings is 1. The van der Waals surface area contributed by atoms with E-state index in [1.54, 1.807) is 31.2 Å². The minimum absolute atomic E-state index is 0.257. The number of para-hydroxylation sites is 1. The fourth-order valence-corrected chi connectivity index (χ4v) is 2.26. The fourth-order valence-electron chi connectivity index (χ4n) is 1.69. The van der Waals surface area contributed by atoms with Gasteiger partial charge in [0.1, 0.15) is 0 Å². The van der Waals surface area contributed by atoms with E-state index in [0.717, 1.165) is 0 Å². The standard InChI is InChI=1S/C13H12F3N3O2S/c1-2-19(9-6-4-3-5-7-9)10(20)8-21-12-18-17-11(22-12)13(14,15)16/h3-7H,2,8H2,1H3. The molecule has 0 saturated heterocycles. The third-order valence-corrected chi connectivity index (χ3v) is 3.53. The number of likely N-dealkylation sites (N-methyl/N-ethyl adjacent to an activating group) is 1. The Labute approximate surface area is 128 Å². The van der Waals surface area contributed by atoms with E-state index in [2.05, 4.69) is 10.2 Å². The highest BCUT2D eigenvalue weighted by atomic mass is 32.1. The third-order valence-electron chi connectivity index (χ3n) is 2.65. The van der Waals surface area contributed by atoms with Gasteiger partial charge >= 0.3 is 6.18 Å². The number of rotatable bonds is 5. The Hall–Kier alpha value is -2.16. The Morgan fingerprint density at radius 3 is 2.50 bits per heavy atom. The zero-order valence-corrected chi connectivity index (χ0v) is 12.3. The Kier molecular flexibility index (Phi) is 4.96. The zero-order chi connectivity index (χ0) is 16.2. The summed E-state index contributed by atoms with van der Waals surface area (Å²) >= 11 is 0.257. The average Bonchev–Trinajstić information content (AvgIpc) is 2.96. The summed E-state index contributed by atoms with van der Waals surface area (Å²) in [5.74, 6) is -0.377. The summed E-state index contributed by atoms with van der Waals surface area (Å²) in [6.45, 7) is 1.79. The van der Waals surface area contributed by atoms with Gasteiger partial charge in [0.2, 0.25) is 5.01 Å². The SMILES string of the molecule is CCN(C(=O)COc1nnc(C(F)(F)F)s1)c1ccccc1. The van der Waals surface area contributed by atoms with E-state index in [1.807, 2.05) is 6.07 Å². The third kappa shape index (κ3) is 3.94. The lowest BCUT2D eigenvalue weighted by atomic mass is 10.3. The molecular formula is C13H12F3N3O2S. The largest absolute Gasteiger partial charge is 0.459 e. The van der Waals surface area contributed by atoms with Gasteiger partial charge in [-0.1, -0.05) is 34.6 Å². The Morgan fingerprint density at radius 1 is 1.27 bits per heavy atom. The van der Waals surface area contributed by atoms with Crippen LogP contribution >= 0.6 is 11.3 Å². The van der Waals surface area contributed by atoms with Crippen LogP contribution in [-0.4, -0.2) is 29.3 Å². The molecule has 0 aliphatic heterocycles. The van der Waals surface area contributed by atoms with Crippen LogP contribution in [0.15, 0.2) is 30.3 Å². The minimum atomic E-state index is -4.57. The number of hydrogen-bond donors (Lipinski definition) is 0. The van der Waals surface area contributed by atoms with Gasteiger partial charge in [0, 0.05) is 12.2 Å². The van der Waals surface area contributed by atoms with E-state index >= 15 is 0 Å². The second-order valence-corrected chi connectivity index (χ2v) is 5.07. The summed E-state index contributed by atoms with van der Waals surface area (Å²) in [7, 11) is 0. The van der Waals surface area contributed by atoms with Crippen molar-refractivity contribution in [3.05, 3.63) is 35.3 Å². The highest BCUT2D eigenvalue weighted by Crippen LogP contribution is 2.33. The number of ether oxygens (including phenoxy) is 1. The number of anilines is 1. The summed E-state index contributed by atoms with van der Waals surface area (Å²) in [5.41, 5.74) is 0.687. The predicted molar refractivity (Wildman–Crippen MR) is 74.9 cm³/mol. The van der Waals surface area contributed by atoms with Crippen LogP contribution in [0.2, 0.25) is 0 Å². The van der Waals surface area contributed by atoms with Crippen LogP contribution in [0.1, 0.15) is 11.9 Å². The molecule has 1 amide bonds. The molecule has 9 heteroatoms. The van der Waals surface area contributed by atoms with Crippen molar-refractivity contribution in [1.29, 1.82) is 0 Å². The van der Waals surface area contributed by atoms with Crippen LogP contribution in [-0.2, 0) is 11.0 Å². The van der Waals surface area contributed by atoms with Gasteiger partial charge in [-0.15, -0.1) is 5.10 Å². The van der Waals surface area contributed by atoms with Crippen molar-refractivity contribution in [3.8, 4) is 5.19 Å². The maximum Gasteiger partial charge on any atom is 0.445 e. The molecule has 0 unspecified atom stereocenters. The molecule has 1 aromatic carbocycles. The Bertz CT molecular complexity index is 631. The normalized spacial score (nSPS) is 11.3. The lowest BCUT2D eigenvalue weighted by Crippen LogP contribution is -2.34. The van der Waals surface area contributed by atoms with Crippen molar-refractivity contribution in [1.82, 2.24) is 10.2 Å². The van der Waals surface area contributed by atoms with E-state index in [4.69, 9.17) is 4.74 Å². The van der Waals surface area contributed by atoms with Crippen LogP contribution < -0.4 is 9.64 Å². The first-order valence-corrected chi connectivity index (χ1v) is 7.12. The zero-order valence-electron chi connectivity index (χ0n) is 11.5. The summed E-state index contributed by atoms with van der Waals surface area (Å²) in [5, 5.41) is 4.86. The first-order chi connectivity index (χ1) is 10.4. The van der Waals surface area contributed by atoms with Gasteiger partial charge in [-0.05, 0) is 19.1 Å². The number of hydrogen-bond acceptors (Lipinski definition) is 5. The summed E-state index contributed by atoms with van der Waals surface area (Å²) in [6.07, 6.45) is -4.57. The molecule has 0 spiro atoms. The van der Waals surface area contributed by atoms with Gasteiger partial charge in [-0.3, -0.25) is 4.79 Å². The molecule has 2 rings (SSSR count). The van der Waals surface area contributed by atoms with Crippen molar-refractivity contribution >= 4 is 22.9 Å². The molecule has 5 nitrogen and oxygen atoms in total. The van der Waals surface area contributed by atoms with Gasteiger partial charge in [-0.25, -0.2) is 0 Å². The highest BCUT2D eigenvalue weighted by molar-refractivity contribution is 7.13. The second-order valence-electron chi connectivity index (χ2n) is 4.13. The molecule has 1 aromatic heterocycles. The smallest absolute Gasteiger partial charge is 0.445 e. The summed E-state index contributed by atoms with van der Waals surface area (Å²) in [4.78, 5) is 13.6. The van der Waals surface area contributed by atoms with Crippen LogP contribution in [0.5, 0.6) is 5.19 Å². The topological polar surface area (TPSA) is 55.3 Å². The first-order valence-electron chi connectivity index (χ1n) is 6.30. The number of carbonyl (C=O) groups is 1. The Balaban J connectivity index is 1.98. The first kappa shape index (κ1) is 16.2. The number of carbonyl (C=O) groups excluding carboxylic acids is 1. The Morgan fingerprint density at radius 2 is 1.95 bits per heavy atom. The van der Waals surface area contributed by atoms with Crippen LogP contribution in [0.4, 0.5) is 18.9 Å². The van der Waals surface area contributed by atoms with Crippen molar-refractivity contribution in [3.63, 3.8) is 0 Å². The molecule has 0 radical (unpaired) electrons. The molecule has 0 aliphatic carbocycles.